The highest BCUT2D eigenvalue weighted by Crippen LogP contribution is 2.37. The summed E-state index contributed by atoms with van der Waals surface area (Å²) in [6, 6.07) is -0.616. The number of rotatable bonds is 4. The molecule has 0 amide bonds. The fourth-order valence-corrected chi connectivity index (χ4v) is 2.86. The van der Waals surface area contributed by atoms with Gasteiger partial charge in [-0.15, -0.1) is 0 Å². The molecule has 0 aromatic heterocycles. The summed E-state index contributed by atoms with van der Waals surface area (Å²) in [5, 5.41) is 33.5. The Kier molecular flexibility index (Phi) is 3.90. The summed E-state index contributed by atoms with van der Waals surface area (Å²) < 4.78 is 20.1. The van der Waals surface area contributed by atoms with Crippen LogP contribution in [-0.4, -0.2) is 83.1 Å². The van der Waals surface area contributed by atoms with E-state index in [0.29, 0.717) is 0 Å². The van der Waals surface area contributed by atoms with Gasteiger partial charge in [0.1, 0.15) is 23.9 Å². The Morgan fingerprint density at radius 3 is 3.13 bits per heavy atom. The number of aliphatic hydroxyl groups is 2. The molecule has 2 unspecified atom stereocenters. The van der Waals surface area contributed by atoms with Crippen molar-refractivity contribution < 1.29 is 19.3 Å². The monoisotopic (exact) mass is 326 g/mol. The molecule has 1 fully saturated rings. The van der Waals surface area contributed by atoms with Gasteiger partial charge < -0.3 is 25.2 Å². The molecule has 3 aliphatic heterocycles. The van der Waals surface area contributed by atoms with Gasteiger partial charge in [-0.2, -0.15) is 0 Å². The van der Waals surface area contributed by atoms with E-state index in [0.717, 1.165) is 0 Å². The van der Waals surface area contributed by atoms with E-state index in [4.69, 9.17) is 15.7 Å². The highest BCUT2D eigenvalue weighted by molar-refractivity contribution is 5.96. The summed E-state index contributed by atoms with van der Waals surface area (Å²) in [7, 11) is 0. The number of fused-ring (bicyclic) bond motifs is 1. The van der Waals surface area contributed by atoms with Crippen molar-refractivity contribution in [2.24, 2.45) is 15.1 Å². The molecule has 0 spiro atoms. The van der Waals surface area contributed by atoms with Gasteiger partial charge in [0.15, 0.2) is 18.2 Å². The van der Waals surface area contributed by atoms with Crippen LogP contribution in [0.3, 0.4) is 0 Å². The molecule has 0 radical (unpaired) electrons. The first-order chi connectivity index (χ1) is 11.0. The van der Waals surface area contributed by atoms with E-state index in [-0.39, 0.29) is 5.84 Å². The summed E-state index contributed by atoms with van der Waals surface area (Å²) in [5.41, 5.74) is 6.69. The van der Waals surface area contributed by atoms with Crippen LogP contribution in [0.1, 0.15) is 0 Å². The van der Waals surface area contributed by atoms with Crippen molar-refractivity contribution in [3.8, 4) is 0 Å². The third-order valence-electron chi connectivity index (χ3n) is 4.14. The van der Waals surface area contributed by atoms with Crippen molar-refractivity contribution in [1.29, 1.82) is 5.41 Å². The summed E-state index contributed by atoms with van der Waals surface area (Å²) in [6.07, 6.45) is -2.75. The van der Waals surface area contributed by atoms with Crippen LogP contribution < -0.4 is 5.32 Å². The van der Waals surface area contributed by atoms with Gasteiger partial charge in [0.25, 0.3) is 0 Å². The van der Waals surface area contributed by atoms with Crippen LogP contribution in [0, 0.1) is 5.41 Å². The Balaban J connectivity index is 1.84. The Morgan fingerprint density at radius 1 is 1.65 bits per heavy atom. The molecule has 23 heavy (non-hydrogen) atoms. The topological polar surface area (TPSA) is 162 Å². The van der Waals surface area contributed by atoms with Crippen molar-refractivity contribution >= 4 is 18.5 Å². The Morgan fingerprint density at radius 2 is 2.43 bits per heavy atom. The van der Waals surface area contributed by atoms with E-state index in [1.807, 2.05) is 0 Å². The largest absolute Gasteiger partial charge is 0.393 e. The van der Waals surface area contributed by atoms with Gasteiger partial charge in [-0.3, -0.25) is 10.4 Å². The maximum absolute atomic E-state index is 14.6. The summed E-state index contributed by atoms with van der Waals surface area (Å²) in [5.74, 6) is 0.0176. The number of azide groups is 1. The number of hydrogen-bond donors (Lipinski definition) is 4. The van der Waals surface area contributed by atoms with Crippen LogP contribution in [-0.2, 0) is 4.74 Å². The minimum atomic E-state index is -1.86. The quantitative estimate of drug-likeness (QED) is 0.287. The number of amidine groups is 1. The fourth-order valence-electron chi connectivity index (χ4n) is 2.86. The SMILES string of the molecule is [N-]=[N+]=NC[C@]1(CO)O[C@@H](N2C=NC3C(=N)N=CNC32)[C@H](F)[C@@H]1O. The first-order valence-corrected chi connectivity index (χ1v) is 6.83. The molecule has 124 valence electrons. The average Bonchev–Trinajstić information content (AvgIpc) is 3.09. The second-order valence-corrected chi connectivity index (χ2v) is 5.42. The minimum absolute atomic E-state index is 0.0176. The number of aliphatic imine (C=N–C) groups is 2. The van der Waals surface area contributed by atoms with Gasteiger partial charge in [-0.25, -0.2) is 9.38 Å². The third-order valence-corrected chi connectivity index (χ3v) is 4.14. The molecular weight excluding hydrogens is 311 g/mol. The highest BCUT2D eigenvalue weighted by Gasteiger charge is 2.58. The molecule has 0 saturated carbocycles. The lowest BCUT2D eigenvalue weighted by Crippen LogP contribution is -2.57. The number of nitrogens with one attached hydrogen (secondary N) is 2. The Labute approximate surface area is 129 Å². The molecule has 0 aromatic carbocycles. The summed E-state index contributed by atoms with van der Waals surface area (Å²) in [6.45, 7) is -1.13. The predicted molar refractivity (Wildman–Crippen MR) is 76.9 cm³/mol. The van der Waals surface area contributed by atoms with E-state index < -0.39 is 49.5 Å². The van der Waals surface area contributed by atoms with Crippen LogP contribution in [0.15, 0.2) is 15.1 Å². The standard InChI is InChI=1S/C11H15FN8O3/c12-5-7(22)11(2-21,1-18-19-14)23-10(5)20-4-17-6-8(13)15-3-16-9(6)20/h3-7,9-10,21-22H,1-2H2,(H2,13,15,16)/t5-,6?,7+,9?,10-,11-/m1/s1. The van der Waals surface area contributed by atoms with Crippen LogP contribution in [0.4, 0.5) is 4.39 Å². The van der Waals surface area contributed by atoms with E-state index in [1.165, 1.54) is 17.6 Å². The number of halogens is 1. The lowest BCUT2D eigenvalue weighted by molar-refractivity contribution is -0.133. The minimum Gasteiger partial charge on any atom is -0.393 e. The molecule has 1 saturated heterocycles. The van der Waals surface area contributed by atoms with E-state index in [2.05, 4.69) is 25.3 Å². The normalized spacial score (nSPS) is 41.6. The van der Waals surface area contributed by atoms with E-state index in [9.17, 15) is 14.6 Å². The van der Waals surface area contributed by atoms with E-state index >= 15 is 0 Å². The van der Waals surface area contributed by atoms with Crippen molar-refractivity contribution in [3.63, 3.8) is 0 Å². The number of alkyl halides is 1. The molecule has 0 bridgehead atoms. The molecular formula is C11H15FN8O3. The van der Waals surface area contributed by atoms with Crippen LogP contribution in [0.25, 0.3) is 10.4 Å². The zero-order chi connectivity index (χ0) is 16.6. The zero-order valence-electron chi connectivity index (χ0n) is 11.8. The van der Waals surface area contributed by atoms with Crippen molar-refractivity contribution in [1.82, 2.24) is 10.2 Å². The first-order valence-electron chi connectivity index (χ1n) is 6.83. The average molecular weight is 326 g/mol. The summed E-state index contributed by atoms with van der Waals surface area (Å²) >= 11 is 0. The molecule has 0 aliphatic carbocycles. The number of hydrogen-bond acceptors (Lipinski definition) is 8. The second kappa shape index (κ2) is 5.74. The predicted octanol–water partition coefficient (Wildman–Crippen LogP) is -1.27. The lowest BCUT2D eigenvalue weighted by Gasteiger charge is -2.35. The maximum atomic E-state index is 14.6. The molecule has 3 heterocycles. The molecule has 3 rings (SSSR count). The van der Waals surface area contributed by atoms with Crippen molar-refractivity contribution in [2.45, 2.75) is 36.3 Å². The fraction of sp³-hybridized carbons (Fsp3) is 0.727. The highest BCUT2D eigenvalue weighted by atomic mass is 19.1. The van der Waals surface area contributed by atoms with Crippen LogP contribution in [0.5, 0.6) is 0 Å². The zero-order valence-corrected chi connectivity index (χ0v) is 11.8. The molecule has 0 aromatic rings. The maximum Gasteiger partial charge on any atom is 0.173 e. The molecule has 11 nitrogen and oxygen atoms in total. The van der Waals surface area contributed by atoms with Gasteiger partial charge in [-0.05, 0) is 5.53 Å². The van der Waals surface area contributed by atoms with Crippen molar-refractivity contribution in [2.75, 3.05) is 13.2 Å². The van der Waals surface area contributed by atoms with Gasteiger partial charge in [0, 0.05) is 4.91 Å². The van der Waals surface area contributed by atoms with Gasteiger partial charge in [0.2, 0.25) is 0 Å². The van der Waals surface area contributed by atoms with Gasteiger partial charge in [-0.1, -0.05) is 5.11 Å². The molecule has 12 heteroatoms. The Bertz CT molecular complexity index is 608. The van der Waals surface area contributed by atoms with Gasteiger partial charge in [0.05, 0.1) is 25.8 Å². The van der Waals surface area contributed by atoms with Crippen LogP contribution in [0.2, 0.25) is 0 Å². The lowest BCUT2D eigenvalue weighted by atomic mass is 9.97. The molecule has 4 N–H and O–H groups in total. The number of aliphatic hydroxyl groups excluding tert-OH is 2. The summed E-state index contributed by atoms with van der Waals surface area (Å²) in [4.78, 5) is 11.8. The first kappa shape index (κ1) is 15.6. The second-order valence-electron chi connectivity index (χ2n) is 5.42. The van der Waals surface area contributed by atoms with E-state index in [1.54, 1.807) is 0 Å². The van der Waals surface area contributed by atoms with Crippen molar-refractivity contribution in [3.05, 3.63) is 10.4 Å². The molecule has 6 atom stereocenters. The van der Waals surface area contributed by atoms with Crippen LogP contribution >= 0.6 is 0 Å². The smallest absolute Gasteiger partial charge is 0.173 e. The number of nitrogens with zero attached hydrogens (tertiary/aromatic N) is 6. The Hall–Kier alpha value is -2.27. The van der Waals surface area contributed by atoms with Gasteiger partial charge >= 0.3 is 0 Å². The number of ether oxygens (including phenoxy) is 1. The third kappa shape index (κ3) is 2.32. The molecule has 3 aliphatic rings.